The van der Waals surface area contributed by atoms with Gasteiger partial charge in [-0.3, -0.25) is 0 Å². The second-order valence-corrected chi connectivity index (χ2v) is 3.93. The predicted molar refractivity (Wildman–Crippen MR) is 58.0 cm³/mol. The van der Waals surface area contributed by atoms with E-state index in [9.17, 15) is 4.79 Å². The summed E-state index contributed by atoms with van der Waals surface area (Å²) >= 11 is 1.38. The van der Waals surface area contributed by atoms with Gasteiger partial charge in [0.25, 0.3) is 5.22 Å². The Labute approximate surface area is 92.4 Å². The van der Waals surface area contributed by atoms with Gasteiger partial charge in [-0.05, 0) is 13.3 Å². The van der Waals surface area contributed by atoms with Crippen LogP contribution in [0.25, 0.3) is 0 Å². The molecule has 0 saturated carbocycles. The second-order valence-electron chi connectivity index (χ2n) is 2.95. The minimum absolute atomic E-state index is 0.422. The molecule has 0 amide bonds. The van der Waals surface area contributed by atoms with Gasteiger partial charge >= 0.3 is 5.97 Å². The fourth-order valence-electron chi connectivity index (χ4n) is 0.995. The molecule has 0 aliphatic heterocycles. The van der Waals surface area contributed by atoms with Crippen LogP contribution in [0.4, 0.5) is 0 Å². The summed E-state index contributed by atoms with van der Waals surface area (Å²) in [6.45, 7) is 3.66. The van der Waals surface area contributed by atoms with Gasteiger partial charge in [0.1, 0.15) is 6.26 Å². The van der Waals surface area contributed by atoms with Gasteiger partial charge in [-0.15, -0.1) is 0 Å². The van der Waals surface area contributed by atoms with E-state index in [0.29, 0.717) is 23.0 Å². The van der Waals surface area contributed by atoms with Gasteiger partial charge in [0, 0.05) is 11.3 Å². The molecule has 15 heavy (non-hydrogen) atoms. The highest BCUT2D eigenvalue weighted by atomic mass is 32.2. The topological polar surface area (TPSA) is 63.3 Å². The number of aryl methyl sites for hydroxylation is 1. The number of rotatable bonds is 5. The lowest BCUT2D eigenvalue weighted by Gasteiger charge is -1.96. The number of nitrogens with zero attached hydrogens (tertiary/aromatic N) is 1. The lowest BCUT2D eigenvalue weighted by molar-refractivity contribution is -0.132. The summed E-state index contributed by atoms with van der Waals surface area (Å²) in [6.07, 6.45) is 3.79. The van der Waals surface area contributed by atoms with Crippen LogP contribution in [-0.4, -0.2) is 21.8 Å². The van der Waals surface area contributed by atoms with Gasteiger partial charge < -0.3 is 9.52 Å². The molecule has 4 nitrogen and oxygen atoms in total. The number of hydrogen-bond acceptors (Lipinski definition) is 4. The number of carboxylic acids is 1. The summed E-state index contributed by atoms with van der Waals surface area (Å²) in [5.41, 5.74) is 1.25. The van der Waals surface area contributed by atoms with Crippen molar-refractivity contribution in [1.82, 2.24) is 4.98 Å². The highest BCUT2D eigenvalue weighted by Crippen LogP contribution is 2.17. The molecular formula is C10H13NO3S. The molecule has 0 bridgehead atoms. The molecular weight excluding hydrogens is 214 g/mol. The standard InChI is InChI=1S/C10H13NO3S/c1-3-8(9(12)13)4-5-15-10-11-7(2)6-14-10/h4,6H,3,5H2,1-2H3,(H,12,13). The average Bonchev–Trinajstić information content (AvgIpc) is 2.58. The normalized spacial score (nSPS) is 11.7. The molecule has 0 unspecified atom stereocenters. The largest absolute Gasteiger partial charge is 0.478 e. The molecule has 0 saturated heterocycles. The molecule has 0 aliphatic carbocycles. The Bertz CT molecular complexity index is 370. The summed E-state index contributed by atoms with van der Waals surface area (Å²) in [5.74, 6) is -0.295. The molecule has 1 aromatic rings. The van der Waals surface area contributed by atoms with Crippen molar-refractivity contribution in [2.24, 2.45) is 0 Å². The van der Waals surface area contributed by atoms with E-state index in [2.05, 4.69) is 4.98 Å². The van der Waals surface area contributed by atoms with E-state index in [-0.39, 0.29) is 0 Å². The highest BCUT2D eigenvalue weighted by molar-refractivity contribution is 7.99. The van der Waals surface area contributed by atoms with Gasteiger partial charge in [-0.25, -0.2) is 9.78 Å². The lowest BCUT2D eigenvalue weighted by atomic mass is 10.2. The Morgan fingerprint density at radius 3 is 2.93 bits per heavy atom. The van der Waals surface area contributed by atoms with Gasteiger partial charge in [-0.2, -0.15) is 0 Å². The molecule has 0 spiro atoms. The molecule has 1 aromatic heterocycles. The highest BCUT2D eigenvalue weighted by Gasteiger charge is 2.04. The molecule has 1 N–H and O–H groups in total. The van der Waals surface area contributed by atoms with Gasteiger partial charge in [-0.1, -0.05) is 24.8 Å². The Kier molecular flexibility index (Phi) is 4.42. The molecule has 1 heterocycles. The molecule has 0 aliphatic rings. The number of thioether (sulfide) groups is 1. The molecule has 82 valence electrons. The van der Waals surface area contributed by atoms with Crippen molar-refractivity contribution in [3.8, 4) is 0 Å². The van der Waals surface area contributed by atoms with Crippen molar-refractivity contribution in [2.75, 3.05) is 5.75 Å². The second kappa shape index (κ2) is 5.60. The van der Waals surface area contributed by atoms with E-state index in [1.807, 2.05) is 13.8 Å². The van der Waals surface area contributed by atoms with Crippen molar-refractivity contribution < 1.29 is 14.3 Å². The molecule has 0 radical (unpaired) electrons. The van der Waals surface area contributed by atoms with Crippen LogP contribution in [0.15, 0.2) is 27.6 Å². The van der Waals surface area contributed by atoms with Gasteiger partial charge in [0.15, 0.2) is 0 Å². The number of aromatic nitrogens is 1. The zero-order chi connectivity index (χ0) is 11.3. The van der Waals surface area contributed by atoms with Crippen LogP contribution in [0.5, 0.6) is 0 Å². The zero-order valence-electron chi connectivity index (χ0n) is 8.69. The van der Waals surface area contributed by atoms with Crippen LogP contribution in [0.2, 0.25) is 0 Å². The summed E-state index contributed by atoms with van der Waals surface area (Å²) in [6, 6.07) is 0. The van der Waals surface area contributed by atoms with E-state index in [1.54, 1.807) is 12.3 Å². The van der Waals surface area contributed by atoms with Gasteiger partial charge in [0.2, 0.25) is 0 Å². The minimum atomic E-state index is -0.860. The first-order valence-corrected chi connectivity index (χ1v) is 5.59. The van der Waals surface area contributed by atoms with Crippen molar-refractivity contribution in [1.29, 1.82) is 0 Å². The molecule has 5 heteroatoms. The molecule has 0 aromatic carbocycles. The summed E-state index contributed by atoms with van der Waals surface area (Å²) in [7, 11) is 0. The third kappa shape index (κ3) is 3.79. The van der Waals surface area contributed by atoms with Crippen LogP contribution < -0.4 is 0 Å². The fourth-order valence-corrected chi connectivity index (χ4v) is 1.75. The minimum Gasteiger partial charge on any atom is -0.478 e. The Hall–Kier alpha value is -1.23. The summed E-state index contributed by atoms with van der Waals surface area (Å²) in [5, 5.41) is 9.33. The molecule has 1 rings (SSSR count). The van der Waals surface area contributed by atoms with E-state index in [4.69, 9.17) is 9.52 Å². The van der Waals surface area contributed by atoms with Crippen LogP contribution in [0.3, 0.4) is 0 Å². The quantitative estimate of drug-likeness (QED) is 0.618. The zero-order valence-corrected chi connectivity index (χ0v) is 9.50. The third-order valence-corrected chi connectivity index (χ3v) is 2.56. The van der Waals surface area contributed by atoms with Crippen molar-refractivity contribution in [2.45, 2.75) is 25.5 Å². The Morgan fingerprint density at radius 2 is 2.47 bits per heavy atom. The maximum atomic E-state index is 10.7. The maximum absolute atomic E-state index is 10.7. The van der Waals surface area contributed by atoms with Crippen LogP contribution in [0, 0.1) is 6.92 Å². The monoisotopic (exact) mass is 227 g/mol. The number of carboxylic acid groups (broad SMARTS) is 1. The van der Waals surface area contributed by atoms with Crippen molar-refractivity contribution in [3.63, 3.8) is 0 Å². The van der Waals surface area contributed by atoms with Gasteiger partial charge in [0.05, 0.1) is 5.69 Å². The van der Waals surface area contributed by atoms with Crippen molar-refractivity contribution >= 4 is 17.7 Å². The number of oxazole rings is 1. The molecule has 0 atom stereocenters. The average molecular weight is 227 g/mol. The maximum Gasteiger partial charge on any atom is 0.331 e. The number of carbonyl (C=O) groups is 1. The third-order valence-electron chi connectivity index (χ3n) is 1.79. The Morgan fingerprint density at radius 1 is 1.73 bits per heavy atom. The summed E-state index contributed by atoms with van der Waals surface area (Å²) < 4.78 is 5.12. The van der Waals surface area contributed by atoms with E-state index >= 15 is 0 Å². The number of hydrogen-bond donors (Lipinski definition) is 1. The predicted octanol–water partition coefficient (Wildman–Crippen LogP) is 2.50. The first kappa shape index (κ1) is 11.8. The van der Waals surface area contributed by atoms with E-state index in [1.165, 1.54) is 11.8 Å². The lowest BCUT2D eigenvalue weighted by Crippen LogP contribution is -1.99. The summed E-state index contributed by atoms with van der Waals surface area (Å²) in [4.78, 5) is 14.8. The van der Waals surface area contributed by atoms with Crippen LogP contribution in [0.1, 0.15) is 19.0 Å². The first-order valence-electron chi connectivity index (χ1n) is 4.60. The van der Waals surface area contributed by atoms with E-state index < -0.39 is 5.97 Å². The fraction of sp³-hybridized carbons (Fsp3) is 0.400. The van der Waals surface area contributed by atoms with Crippen LogP contribution >= 0.6 is 11.8 Å². The van der Waals surface area contributed by atoms with E-state index in [0.717, 1.165) is 5.69 Å². The Balaban J connectivity index is 2.47. The smallest absolute Gasteiger partial charge is 0.331 e. The first-order chi connectivity index (χ1) is 7.13. The van der Waals surface area contributed by atoms with Crippen molar-refractivity contribution in [3.05, 3.63) is 23.6 Å². The van der Waals surface area contributed by atoms with Crippen LogP contribution in [-0.2, 0) is 4.79 Å². The number of aliphatic carboxylic acids is 1. The SMILES string of the molecule is CCC(=CCSc1nc(C)co1)C(=O)O. The molecule has 0 fully saturated rings.